The number of benzene rings is 2. The number of likely N-dealkylation sites (tertiary alicyclic amines) is 1. The normalized spacial score (nSPS) is 23.1. The fraction of sp³-hybridized carbons (Fsp3) is 0.481. The van der Waals surface area contributed by atoms with Crippen molar-refractivity contribution in [2.75, 3.05) is 19.6 Å². The van der Waals surface area contributed by atoms with E-state index in [0.717, 1.165) is 38.6 Å². The lowest BCUT2D eigenvalue weighted by Crippen LogP contribution is -2.47. The maximum absolute atomic E-state index is 15.3. The Bertz CT molecular complexity index is 932. The van der Waals surface area contributed by atoms with E-state index in [1.54, 1.807) is 0 Å². The molecule has 1 saturated carbocycles. The van der Waals surface area contributed by atoms with Gasteiger partial charge in [-0.3, -0.25) is 9.59 Å². The van der Waals surface area contributed by atoms with E-state index in [9.17, 15) is 14.0 Å². The minimum atomic E-state index is -1.86. The number of Topliss-reactive ketones (excluding diaryl/α,β-unsaturated/α-hetero) is 1. The highest BCUT2D eigenvalue weighted by molar-refractivity contribution is 6.02. The molecule has 1 heterocycles. The first-order valence-electron chi connectivity index (χ1n) is 12.0. The van der Waals surface area contributed by atoms with Gasteiger partial charge < -0.3 is 10.2 Å². The summed E-state index contributed by atoms with van der Waals surface area (Å²) in [6.45, 7) is 2.03. The fourth-order valence-electron chi connectivity index (χ4n) is 5.04. The molecule has 6 heteroatoms. The summed E-state index contributed by atoms with van der Waals surface area (Å²) in [4.78, 5) is 27.2. The van der Waals surface area contributed by atoms with Gasteiger partial charge >= 0.3 is 0 Å². The molecule has 33 heavy (non-hydrogen) atoms. The number of nitrogens with zero attached hydrogens (tertiary/aromatic N) is 1. The molecule has 2 aromatic rings. The Balaban J connectivity index is 1.17. The van der Waals surface area contributed by atoms with E-state index in [4.69, 9.17) is 0 Å². The summed E-state index contributed by atoms with van der Waals surface area (Å²) in [5, 5.41) is 3.15. The van der Waals surface area contributed by atoms with Crippen molar-refractivity contribution in [3.8, 4) is 0 Å². The zero-order valence-electron chi connectivity index (χ0n) is 18.9. The third-order valence-corrected chi connectivity index (χ3v) is 7.23. The Morgan fingerprint density at radius 3 is 2.18 bits per heavy atom. The number of halogens is 2. The third-order valence-electron chi connectivity index (χ3n) is 7.23. The van der Waals surface area contributed by atoms with Crippen molar-refractivity contribution < 1.29 is 18.4 Å². The number of carbonyl (C=O) groups is 2. The lowest BCUT2D eigenvalue weighted by Gasteiger charge is -2.36. The van der Waals surface area contributed by atoms with Gasteiger partial charge in [-0.05, 0) is 81.0 Å². The van der Waals surface area contributed by atoms with Crippen LogP contribution in [0.5, 0.6) is 0 Å². The number of amides is 1. The van der Waals surface area contributed by atoms with Crippen LogP contribution in [-0.2, 0) is 0 Å². The Kier molecular flexibility index (Phi) is 7.53. The molecule has 0 radical (unpaired) electrons. The van der Waals surface area contributed by atoms with Crippen LogP contribution in [0.2, 0.25) is 0 Å². The van der Waals surface area contributed by atoms with E-state index in [0.29, 0.717) is 24.6 Å². The van der Waals surface area contributed by atoms with Gasteiger partial charge in [-0.1, -0.05) is 18.2 Å². The number of carbonyl (C=O) groups excluding carboxylic acids is 2. The molecule has 0 spiro atoms. The highest BCUT2D eigenvalue weighted by atomic mass is 19.1. The van der Waals surface area contributed by atoms with Gasteiger partial charge in [0.1, 0.15) is 5.82 Å². The molecule has 176 valence electrons. The number of ketones is 1. The third kappa shape index (κ3) is 6.05. The van der Waals surface area contributed by atoms with Crippen molar-refractivity contribution in [3.05, 3.63) is 71.5 Å². The summed E-state index contributed by atoms with van der Waals surface area (Å²) >= 11 is 0. The van der Waals surface area contributed by atoms with Gasteiger partial charge in [0.15, 0.2) is 11.5 Å². The molecule has 0 aromatic heterocycles. The zero-order chi connectivity index (χ0) is 23.3. The van der Waals surface area contributed by atoms with Crippen LogP contribution in [0.15, 0.2) is 54.6 Å². The summed E-state index contributed by atoms with van der Waals surface area (Å²) in [6, 6.07) is 14.7. The van der Waals surface area contributed by atoms with E-state index in [1.165, 1.54) is 24.3 Å². The number of rotatable bonds is 7. The zero-order valence-corrected chi connectivity index (χ0v) is 18.9. The van der Waals surface area contributed by atoms with Crippen molar-refractivity contribution in [1.29, 1.82) is 0 Å². The van der Waals surface area contributed by atoms with Crippen molar-refractivity contribution in [3.63, 3.8) is 0 Å². The summed E-state index contributed by atoms with van der Waals surface area (Å²) in [5.74, 6) is -0.343. The van der Waals surface area contributed by atoms with Crippen molar-refractivity contribution in [1.82, 2.24) is 10.2 Å². The predicted molar refractivity (Wildman–Crippen MR) is 125 cm³/mol. The fourth-order valence-corrected chi connectivity index (χ4v) is 5.04. The molecule has 2 fully saturated rings. The van der Waals surface area contributed by atoms with Gasteiger partial charge in [-0.25, -0.2) is 8.78 Å². The Labute approximate surface area is 194 Å². The maximum Gasteiger partial charge on any atom is 0.251 e. The van der Waals surface area contributed by atoms with Crippen molar-refractivity contribution >= 4 is 11.7 Å². The molecule has 4 nitrogen and oxygen atoms in total. The van der Waals surface area contributed by atoms with Gasteiger partial charge in [-0.15, -0.1) is 0 Å². The first kappa shape index (κ1) is 23.6. The number of piperidine rings is 1. The lowest BCUT2D eigenvalue weighted by molar-refractivity contribution is 0.0404. The second-order valence-electron chi connectivity index (χ2n) is 9.49. The molecule has 1 aliphatic carbocycles. The average molecular weight is 455 g/mol. The van der Waals surface area contributed by atoms with E-state index in [1.807, 2.05) is 30.3 Å². The maximum atomic E-state index is 15.3. The minimum absolute atomic E-state index is 0.00254. The van der Waals surface area contributed by atoms with E-state index in [2.05, 4.69) is 10.2 Å². The molecule has 0 atom stereocenters. The van der Waals surface area contributed by atoms with Gasteiger partial charge in [0.25, 0.3) is 5.91 Å². The van der Waals surface area contributed by atoms with Crippen LogP contribution in [0.4, 0.5) is 8.78 Å². The molecule has 0 unspecified atom stereocenters. The van der Waals surface area contributed by atoms with Gasteiger partial charge in [0.2, 0.25) is 0 Å². The standard InChI is InChI=1S/C27H32F2N2O2/c28-23-10-8-21(9-11-23)25(32)27(29)15-18-31(19-16-27)17-14-20-6-12-24(13-7-20)30-26(33)22-4-2-1-3-5-22/h1-5,8-11,20,24H,6-7,12-19H2,(H,30,33). The number of hydrogen-bond donors (Lipinski definition) is 1. The largest absolute Gasteiger partial charge is 0.349 e. The molecule has 0 bridgehead atoms. The van der Waals surface area contributed by atoms with Crippen molar-refractivity contribution in [2.24, 2.45) is 5.92 Å². The first-order chi connectivity index (χ1) is 15.9. The first-order valence-corrected chi connectivity index (χ1v) is 12.0. The van der Waals surface area contributed by atoms with Gasteiger partial charge in [-0.2, -0.15) is 0 Å². The molecule has 4 rings (SSSR count). The monoisotopic (exact) mass is 454 g/mol. The predicted octanol–water partition coefficient (Wildman–Crippen LogP) is 5.19. The summed E-state index contributed by atoms with van der Waals surface area (Å²) in [5.41, 5.74) is -0.918. The lowest BCUT2D eigenvalue weighted by atomic mass is 9.83. The molecular weight excluding hydrogens is 422 g/mol. The molecule has 1 saturated heterocycles. The highest BCUT2D eigenvalue weighted by Crippen LogP contribution is 2.32. The van der Waals surface area contributed by atoms with Crippen molar-refractivity contribution in [2.45, 2.75) is 56.7 Å². The second-order valence-corrected chi connectivity index (χ2v) is 9.49. The number of hydrogen-bond acceptors (Lipinski definition) is 3. The molecular formula is C27H32F2N2O2. The quantitative estimate of drug-likeness (QED) is 0.586. The van der Waals surface area contributed by atoms with E-state index >= 15 is 4.39 Å². The number of alkyl halides is 1. The van der Waals surface area contributed by atoms with Crippen LogP contribution in [0.3, 0.4) is 0 Å². The van der Waals surface area contributed by atoms with Crippen LogP contribution < -0.4 is 5.32 Å². The Hall–Kier alpha value is -2.60. The molecule has 1 aliphatic heterocycles. The van der Waals surface area contributed by atoms with Crippen LogP contribution in [0.25, 0.3) is 0 Å². The molecule has 1 amide bonds. The van der Waals surface area contributed by atoms with E-state index < -0.39 is 17.3 Å². The Morgan fingerprint density at radius 2 is 1.55 bits per heavy atom. The number of nitrogens with one attached hydrogen (secondary N) is 1. The van der Waals surface area contributed by atoms with Crippen LogP contribution in [0.1, 0.15) is 65.7 Å². The van der Waals surface area contributed by atoms with Gasteiger partial charge in [0.05, 0.1) is 0 Å². The smallest absolute Gasteiger partial charge is 0.251 e. The summed E-state index contributed by atoms with van der Waals surface area (Å²) in [6.07, 6.45) is 5.58. The topological polar surface area (TPSA) is 49.4 Å². The summed E-state index contributed by atoms with van der Waals surface area (Å²) < 4.78 is 28.4. The average Bonchev–Trinajstić information content (AvgIpc) is 2.85. The van der Waals surface area contributed by atoms with Gasteiger partial charge in [0, 0.05) is 43.1 Å². The summed E-state index contributed by atoms with van der Waals surface area (Å²) in [7, 11) is 0. The van der Waals surface area contributed by atoms with E-state index in [-0.39, 0.29) is 30.4 Å². The molecule has 1 N–H and O–H groups in total. The minimum Gasteiger partial charge on any atom is -0.349 e. The molecule has 2 aliphatic rings. The van der Waals surface area contributed by atoms with Crippen LogP contribution in [0, 0.1) is 11.7 Å². The second kappa shape index (κ2) is 10.6. The highest BCUT2D eigenvalue weighted by Gasteiger charge is 2.42. The molecule has 2 aromatic carbocycles. The van der Waals surface area contributed by atoms with Crippen LogP contribution in [-0.4, -0.2) is 47.9 Å². The Morgan fingerprint density at radius 1 is 0.909 bits per heavy atom. The van der Waals surface area contributed by atoms with Crippen LogP contribution >= 0.6 is 0 Å². The SMILES string of the molecule is O=C(NC1CCC(CCN2CCC(F)(C(=O)c3ccc(F)cc3)CC2)CC1)c1ccccc1.